The van der Waals surface area contributed by atoms with Gasteiger partial charge in [-0.3, -0.25) is 9.59 Å². The van der Waals surface area contributed by atoms with E-state index in [1.165, 1.54) is 11.9 Å². The van der Waals surface area contributed by atoms with E-state index in [-0.39, 0.29) is 37.3 Å². The molecule has 5 rings (SSSR count). The molecule has 2 aliphatic rings. The summed E-state index contributed by atoms with van der Waals surface area (Å²) in [5, 5.41) is 11.2. The van der Waals surface area contributed by atoms with Gasteiger partial charge in [-0.1, -0.05) is 17.3 Å². The van der Waals surface area contributed by atoms with Crippen molar-refractivity contribution in [1.29, 1.82) is 0 Å². The molecule has 2 amide bonds. The van der Waals surface area contributed by atoms with Gasteiger partial charge in [0.05, 0.1) is 18.0 Å². The highest BCUT2D eigenvalue weighted by Gasteiger charge is 2.36. The fourth-order valence-corrected chi connectivity index (χ4v) is 4.80. The van der Waals surface area contributed by atoms with Crippen molar-refractivity contribution in [3.63, 3.8) is 0 Å². The summed E-state index contributed by atoms with van der Waals surface area (Å²) in [5.74, 6) is 0.159. The van der Waals surface area contributed by atoms with Crippen molar-refractivity contribution in [3.8, 4) is 17.1 Å². The van der Waals surface area contributed by atoms with Crippen molar-refractivity contribution in [2.24, 2.45) is 0 Å². The molecular weight excluding hydrogens is 460 g/mol. The first-order valence-corrected chi connectivity index (χ1v) is 12.2. The zero-order valence-corrected chi connectivity index (χ0v) is 20.1. The van der Waals surface area contributed by atoms with Crippen LogP contribution in [0.5, 0.6) is 0 Å². The predicted octanol–water partition coefficient (Wildman–Crippen LogP) is 2.62. The second-order valence-corrected chi connectivity index (χ2v) is 9.00. The van der Waals surface area contributed by atoms with Gasteiger partial charge in [-0.25, -0.2) is 9.67 Å². The molecule has 2 aromatic heterocycles. The Morgan fingerprint density at radius 2 is 2.17 bits per heavy atom. The molecule has 3 aromatic rings. The highest BCUT2D eigenvalue weighted by molar-refractivity contribution is 6.01. The van der Waals surface area contributed by atoms with E-state index in [4.69, 9.17) is 9.72 Å². The molecule has 36 heavy (non-hydrogen) atoms. The molecule has 186 valence electrons. The van der Waals surface area contributed by atoms with Gasteiger partial charge in [-0.2, -0.15) is 0 Å². The zero-order chi connectivity index (χ0) is 25.1. The van der Waals surface area contributed by atoms with Crippen LogP contribution >= 0.6 is 0 Å². The van der Waals surface area contributed by atoms with Crippen LogP contribution in [0.2, 0.25) is 0 Å². The van der Waals surface area contributed by atoms with Crippen LogP contribution in [-0.2, 0) is 20.9 Å². The monoisotopic (exact) mass is 488 g/mol. The van der Waals surface area contributed by atoms with Crippen molar-refractivity contribution >= 4 is 18.1 Å². The minimum Gasteiger partial charge on any atom is -0.372 e. The van der Waals surface area contributed by atoms with Gasteiger partial charge in [-0.05, 0) is 55.5 Å². The van der Waals surface area contributed by atoms with Gasteiger partial charge < -0.3 is 19.7 Å². The molecule has 10 nitrogen and oxygen atoms in total. The summed E-state index contributed by atoms with van der Waals surface area (Å²) in [6.45, 7) is 1.04. The molecule has 4 heterocycles. The second-order valence-electron chi connectivity index (χ2n) is 9.00. The summed E-state index contributed by atoms with van der Waals surface area (Å²) >= 11 is 0. The van der Waals surface area contributed by atoms with Crippen LogP contribution in [0, 0.1) is 0 Å². The fraction of sp³-hybridized carbons (Fsp3) is 0.385. The third kappa shape index (κ3) is 4.64. The molecule has 0 radical (unpaired) electrons. The van der Waals surface area contributed by atoms with Gasteiger partial charge in [0.25, 0.3) is 5.91 Å². The molecule has 10 heteroatoms. The van der Waals surface area contributed by atoms with Gasteiger partial charge in [0.1, 0.15) is 18.0 Å². The average Bonchev–Trinajstić information content (AvgIpc) is 3.54. The van der Waals surface area contributed by atoms with Crippen LogP contribution < -0.4 is 5.32 Å². The van der Waals surface area contributed by atoms with Crippen molar-refractivity contribution in [1.82, 2.24) is 30.2 Å². The lowest BCUT2D eigenvalue weighted by molar-refractivity contribution is -0.125. The molecule has 2 aliphatic heterocycles. The number of hydrogen-bond acceptors (Lipinski definition) is 7. The van der Waals surface area contributed by atoms with E-state index >= 15 is 0 Å². The first-order valence-electron chi connectivity index (χ1n) is 12.2. The Kier molecular flexibility index (Phi) is 6.86. The molecular formula is C26H28N6O4. The number of hydrogen-bond donors (Lipinski definition) is 1. The van der Waals surface area contributed by atoms with E-state index in [2.05, 4.69) is 15.6 Å². The Labute approximate surface area is 208 Å². The highest BCUT2D eigenvalue weighted by Crippen LogP contribution is 2.31. The number of nitrogens with zero attached hydrogens (tertiary/aromatic N) is 5. The van der Waals surface area contributed by atoms with Gasteiger partial charge in [0.15, 0.2) is 5.82 Å². The number of carbonyl (C=O) groups is 3. The van der Waals surface area contributed by atoms with Crippen molar-refractivity contribution < 1.29 is 19.1 Å². The van der Waals surface area contributed by atoms with Gasteiger partial charge in [-0.15, -0.1) is 5.10 Å². The van der Waals surface area contributed by atoms with E-state index in [1.54, 1.807) is 10.7 Å². The first-order chi connectivity index (χ1) is 17.6. The maximum atomic E-state index is 13.0. The smallest absolute Gasteiger partial charge is 0.255 e. The summed E-state index contributed by atoms with van der Waals surface area (Å²) in [6, 6.07) is 10.6. The van der Waals surface area contributed by atoms with E-state index in [0.29, 0.717) is 17.1 Å². The minimum atomic E-state index is -0.698. The molecule has 2 unspecified atom stereocenters. The van der Waals surface area contributed by atoms with Crippen LogP contribution in [0.3, 0.4) is 0 Å². The summed E-state index contributed by atoms with van der Waals surface area (Å²) in [7, 11) is 1.53. The fourth-order valence-electron chi connectivity index (χ4n) is 4.80. The number of pyridine rings is 1. The Hall–Kier alpha value is -3.92. The van der Waals surface area contributed by atoms with Gasteiger partial charge >= 0.3 is 0 Å². The van der Waals surface area contributed by atoms with Crippen molar-refractivity contribution in [2.75, 3.05) is 13.7 Å². The van der Waals surface area contributed by atoms with Gasteiger partial charge in [0.2, 0.25) is 5.91 Å². The Bertz CT molecular complexity index is 1280. The third-order valence-corrected chi connectivity index (χ3v) is 6.71. The highest BCUT2D eigenvalue weighted by atomic mass is 16.5. The molecule has 1 N–H and O–H groups in total. The molecule has 0 spiro atoms. The molecule has 0 bridgehead atoms. The Morgan fingerprint density at radius 1 is 1.28 bits per heavy atom. The van der Waals surface area contributed by atoms with E-state index in [1.807, 2.05) is 36.5 Å². The quantitative estimate of drug-likeness (QED) is 0.484. The van der Waals surface area contributed by atoms with Crippen molar-refractivity contribution in [2.45, 2.75) is 50.8 Å². The summed E-state index contributed by atoms with van der Waals surface area (Å²) in [6.07, 6.45) is 6.22. The summed E-state index contributed by atoms with van der Waals surface area (Å²) in [5.41, 5.74) is 3.70. The van der Waals surface area contributed by atoms with Crippen LogP contribution in [0.1, 0.15) is 59.8 Å². The summed E-state index contributed by atoms with van der Waals surface area (Å²) < 4.78 is 7.50. The lowest BCUT2D eigenvalue weighted by Crippen LogP contribution is -2.46. The number of benzene rings is 1. The standard InChI is InChI=1S/C26H28N6O4/c1-27-25(34)22(7-5-12-33)31-15-18-14-17(10-11-19(18)26(31)35)21-16-32(30-29-21)24-9-4-6-20(28-24)23-8-2-3-13-36-23/h4,6,9-12,14,16,22-23H,2-3,5,7-8,13,15H2,1H3,(H,27,34). The lowest BCUT2D eigenvalue weighted by Gasteiger charge is -2.25. The number of rotatable bonds is 8. The molecule has 1 saturated heterocycles. The maximum Gasteiger partial charge on any atom is 0.255 e. The minimum absolute atomic E-state index is 0.00373. The van der Waals surface area contributed by atoms with E-state index < -0.39 is 6.04 Å². The van der Waals surface area contributed by atoms with Crippen LogP contribution in [0.25, 0.3) is 17.1 Å². The first kappa shape index (κ1) is 23.8. The van der Waals surface area contributed by atoms with E-state index in [9.17, 15) is 14.4 Å². The largest absolute Gasteiger partial charge is 0.372 e. The number of amides is 2. The average molecular weight is 489 g/mol. The van der Waals surface area contributed by atoms with E-state index in [0.717, 1.165) is 49.0 Å². The number of ether oxygens (including phenoxy) is 1. The number of nitrogens with one attached hydrogen (secondary N) is 1. The molecule has 1 aromatic carbocycles. The number of aromatic nitrogens is 4. The predicted molar refractivity (Wildman–Crippen MR) is 130 cm³/mol. The second kappa shape index (κ2) is 10.4. The maximum absolute atomic E-state index is 13.0. The molecule has 2 atom stereocenters. The number of carbonyl (C=O) groups excluding carboxylic acids is 3. The normalized spacial score (nSPS) is 18.1. The van der Waals surface area contributed by atoms with Crippen molar-refractivity contribution in [3.05, 3.63) is 59.4 Å². The molecule has 0 saturated carbocycles. The van der Waals surface area contributed by atoms with Crippen LogP contribution in [0.15, 0.2) is 42.6 Å². The third-order valence-electron chi connectivity index (χ3n) is 6.71. The number of likely N-dealkylation sites (N-methyl/N-ethyl adjacent to an activating group) is 1. The number of fused-ring (bicyclic) bond motifs is 1. The lowest BCUT2D eigenvalue weighted by atomic mass is 10.0. The van der Waals surface area contributed by atoms with Crippen LogP contribution in [0.4, 0.5) is 0 Å². The Morgan fingerprint density at radius 3 is 2.94 bits per heavy atom. The Balaban J connectivity index is 1.37. The topological polar surface area (TPSA) is 119 Å². The molecule has 0 aliphatic carbocycles. The SMILES string of the molecule is CNC(=O)C(CCC=O)N1Cc2cc(-c3cn(-c4cccc(C5CCCCO5)n4)nn3)ccc2C1=O. The zero-order valence-electron chi connectivity index (χ0n) is 20.1. The summed E-state index contributed by atoms with van der Waals surface area (Å²) in [4.78, 5) is 42.6. The molecule has 1 fully saturated rings. The van der Waals surface area contributed by atoms with Gasteiger partial charge in [0, 0.05) is 37.7 Å². The van der Waals surface area contributed by atoms with Crippen LogP contribution in [-0.4, -0.2) is 62.7 Å². The number of aldehydes is 1.